The summed E-state index contributed by atoms with van der Waals surface area (Å²) in [7, 11) is 0. The molecule has 0 unspecified atom stereocenters. The van der Waals surface area contributed by atoms with Crippen LogP contribution in [0.15, 0.2) is 0 Å². The number of fused-ring (bicyclic) bond motifs is 3. The molecule has 2 aliphatic rings. The Kier molecular flexibility index (Phi) is 1.86. The summed E-state index contributed by atoms with van der Waals surface area (Å²) in [6, 6.07) is 0. The Morgan fingerprint density at radius 1 is 1.73 bits per heavy atom. The molecular weight excluding hydrogens is 212 g/mol. The van der Waals surface area contributed by atoms with Crippen molar-refractivity contribution in [2.45, 2.75) is 12.3 Å². The number of thioether (sulfide) groups is 1. The predicted octanol–water partition coefficient (Wildman–Crippen LogP) is 1.36. The monoisotopic (exact) mass is 224 g/mol. The van der Waals surface area contributed by atoms with Gasteiger partial charge in [-0.2, -0.15) is 16.9 Å². The minimum Gasteiger partial charge on any atom is -0.476 e. The molecule has 5 heteroatoms. The fourth-order valence-corrected chi connectivity index (χ4v) is 3.68. The van der Waals surface area contributed by atoms with Gasteiger partial charge in [0.15, 0.2) is 5.69 Å². The smallest absolute Gasteiger partial charge is 0.356 e. The second-order valence-corrected chi connectivity index (χ2v) is 5.19. The third kappa shape index (κ3) is 1.16. The van der Waals surface area contributed by atoms with E-state index in [0.717, 1.165) is 23.6 Å². The Morgan fingerprint density at radius 2 is 2.53 bits per heavy atom. The number of hydrogen-bond donors (Lipinski definition) is 2. The average Bonchev–Trinajstić information content (AvgIpc) is 2.60. The Hall–Kier alpha value is -0.970. The van der Waals surface area contributed by atoms with Crippen LogP contribution in [0.5, 0.6) is 0 Å². The zero-order chi connectivity index (χ0) is 10.6. The van der Waals surface area contributed by atoms with Crippen LogP contribution in [0.2, 0.25) is 0 Å². The molecule has 1 aromatic rings. The van der Waals surface area contributed by atoms with Crippen molar-refractivity contribution >= 4 is 17.7 Å². The highest BCUT2D eigenvalue weighted by molar-refractivity contribution is 7.98. The molecule has 80 valence electrons. The third-order valence-electron chi connectivity index (χ3n) is 3.57. The third-order valence-corrected chi connectivity index (χ3v) is 4.28. The lowest BCUT2D eigenvalue weighted by molar-refractivity contribution is 0.0689. The van der Waals surface area contributed by atoms with E-state index in [-0.39, 0.29) is 5.69 Å². The van der Waals surface area contributed by atoms with Crippen LogP contribution in [0.25, 0.3) is 0 Å². The lowest BCUT2D eigenvalue weighted by atomic mass is 10.1. The van der Waals surface area contributed by atoms with Gasteiger partial charge in [-0.3, -0.25) is 5.10 Å². The summed E-state index contributed by atoms with van der Waals surface area (Å²) in [6.45, 7) is 0. The molecule has 2 aliphatic carbocycles. The summed E-state index contributed by atoms with van der Waals surface area (Å²) in [5, 5.41) is 15.7. The normalized spacial score (nSPS) is 31.1. The minimum atomic E-state index is -0.907. The molecule has 1 heterocycles. The molecule has 0 spiro atoms. The topological polar surface area (TPSA) is 66.0 Å². The summed E-state index contributed by atoms with van der Waals surface area (Å²) in [5.74, 6) is 2.26. The number of carboxylic acid groups (broad SMARTS) is 1. The van der Waals surface area contributed by atoms with Crippen LogP contribution < -0.4 is 0 Å². The first-order valence-corrected chi connectivity index (χ1v) is 6.42. The van der Waals surface area contributed by atoms with Crippen molar-refractivity contribution in [3.05, 3.63) is 17.0 Å². The maximum absolute atomic E-state index is 10.9. The summed E-state index contributed by atoms with van der Waals surface area (Å²) in [6.07, 6.45) is 3.02. The van der Waals surface area contributed by atoms with E-state index in [1.165, 1.54) is 5.75 Å². The number of rotatable bonds is 3. The quantitative estimate of drug-likeness (QED) is 0.813. The van der Waals surface area contributed by atoms with E-state index in [4.69, 9.17) is 5.11 Å². The molecule has 3 atom stereocenters. The standard InChI is InChI=1S/C10H12N2O2S/c1-15-3-6-4-2-5-8(7(4)6)11-12-9(5)10(13)14/h4,6-7H,2-3H2,1H3,(H,11,12)(H,13,14)/t4-,6-,7-/m0/s1. The van der Waals surface area contributed by atoms with Gasteiger partial charge in [-0.15, -0.1) is 0 Å². The van der Waals surface area contributed by atoms with E-state index in [2.05, 4.69) is 16.5 Å². The van der Waals surface area contributed by atoms with Crippen LogP contribution in [0.4, 0.5) is 0 Å². The van der Waals surface area contributed by atoms with E-state index in [0.29, 0.717) is 11.8 Å². The van der Waals surface area contributed by atoms with E-state index in [1.807, 2.05) is 11.8 Å². The zero-order valence-electron chi connectivity index (χ0n) is 8.36. The maximum atomic E-state index is 10.9. The van der Waals surface area contributed by atoms with Crippen LogP contribution in [0, 0.1) is 11.8 Å². The van der Waals surface area contributed by atoms with Crippen LogP contribution in [-0.4, -0.2) is 33.3 Å². The van der Waals surface area contributed by atoms with Crippen LogP contribution in [-0.2, 0) is 6.42 Å². The Balaban J connectivity index is 1.88. The minimum absolute atomic E-state index is 0.236. The molecule has 0 amide bonds. The number of aromatic amines is 1. The van der Waals surface area contributed by atoms with Gasteiger partial charge in [-0.1, -0.05) is 0 Å². The first-order valence-electron chi connectivity index (χ1n) is 5.03. The number of aromatic nitrogens is 2. The molecule has 15 heavy (non-hydrogen) atoms. The molecule has 0 bridgehead atoms. The van der Waals surface area contributed by atoms with Crippen LogP contribution in [0.3, 0.4) is 0 Å². The second-order valence-electron chi connectivity index (χ2n) is 4.28. The van der Waals surface area contributed by atoms with Crippen molar-refractivity contribution in [1.82, 2.24) is 10.2 Å². The highest BCUT2D eigenvalue weighted by Gasteiger charge is 2.57. The molecule has 0 aromatic carbocycles. The van der Waals surface area contributed by atoms with Gasteiger partial charge in [0.05, 0.1) is 0 Å². The molecule has 0 aliphatic heterocycles. The second kappa shape index (κ2) is 3.01. The fourth-order valence-electron chi connectivity index (χ4n) is 2.84. The van der Waals surface area contributed by atoms with Gasteiger partial charge in [-0.25, -0.2) is 4.79 Å². The predicted molar refractivity (Wildman–Crippen MR) is 57.4 cm³/mol. The average molecular weight is 224 g/mol. The SMILES string of the molecule is CSC[C@H]1[C@@H]2Cc3c(C(=O)O)n[nH]c3[C@H]12. The van der Waals surface area contributed by atoms with Gasteiger partial charge in [0.25, 0.3) is 0 Å². The number of H-pyrrole nitrogens is 1. The number of aromatic carboxylic acids is 1. The Bertz CT molecular complexity index is 429. The molecular formula is C10H12N2O2S. The molecule has 2 N–H and O–H groups in total. The summed E-state index contributed by atoms with van der Waals surface area (Å²) in [5.41, 5.74) is 2.28. The summed E-state index contributed by atoms with van der Waals surface area (Å²) >= 11 is 1.87. The first kappa shape index (κ1) is 9.27. The highest BCUT2D eigenvalue weighted by Crippen LogP contribution is 2.61. The first-order chi connectivity index (χ1) is 7.24. The number of nitrogens with one attached hydrogen (secondary N) is 1. The molecule has 1 saturated carbocycles. The van der Waals surface area contributed by atoms with Crippen molar-refractivity contribution in [3.63, 3.8) is 0 Å². The largest absolute Gasteiger partial charge is 0.476 e. The fraction of sp³-hybridized carbons (Fsp3) is 0.600. The van der Waals surface area contributed by atoms with Crippen molar-refractivity contribution in [2.24, 2.45) is 11.8 Å². The van der Waals surface area contributed by atoms with Crippen LogP contribution >= 0.6 is 11.8 Å². The molecule has 1 fully saturated rings. The van der Waals surface area contributed by atoms with Gasteiger partial charge < -0.3 is 5.11 Å². The molecule has 3 rings (SSSR count). The summed E-state index contributed by atoms with van der Waals surface area (Å²) in [4.78, 5) is 10.9. The Labute approximate surface area is 91.5 Å². The summed E-state index contributed by atoms with van der Waals surface area (Å²) < 4.78 is 0. The Morgan fingerprint density at radius 3 is 3.20 bits per heavy atom. The number of carboxylic acids is 1. The van der Waals surface area contributed by atoms with E-state index in [9.17, 15) is 4.79 Å². The van der Waals surface area contributed by atoms with Crippen molar-refractivity contribution in [3.8, 4) is 0 Å². The van der Waals surface area contributed by atoms with Gasteiger partial charge in [-0.05, 0) is 30.3 Å². The molecule has 4 nitrogen and oxygen atoms in total. The van der Waals surface area contributed by atoms with Crippen LogP contribution in [0.1, 0.15) is 27.7 Å². The maximum Gasteiger partial charge on any atom is 0.356 e. The van der Waals surface area contributed by atoms with Gasteiger partial charge >= 0.3 is 5.97 Å². The van der Waals surface area contributed by atoms with Crippen molar-refractivity contribution < 1.29 is 9.90 Å². The molecule has 1 aromatic heterocycles. The van der Waals surface area contributed by atoms with E-state index in [1.54, 1.807) is 0 Å². The molecule has 0 saturated heterocycles. The lowest BCUT2D eigenvalue weighted by Crippen LogP contribution is -2.03. The van der Waals surface area contributed by atoms with Gasteiger partial charge in [0.1, 0.15) is 0 Å². The van der Waals surface area contributed by atoms with Gasteiger partial charge in [0, 0.05) is 17.2 Å². The van der Waals surface area contributed by atoms with E-state index >= 15 is 0 Å². The number of hydrogen-bond acceptors (Lipinski definition) is 3. The van der Waals surface area contributed by atoms with Gasteiger partial charge in [0.2, 0.25) is 0 Å². The zero-order valence-corrected chi connectivity index (χ0v) is 9.17. The van der Waals surface area contributed by atoms with E-state index < -0.39 is 5.97 Å². The van der Waals surface area contributed by atoms with Crippen molar-refractivity contribution in [1.29, 1.82) is 0 Å². The number of carbonyl (C=O) groups is 1. The van der Waals surface area contributed by atoms with Crippen molar-refractivity contribution in [2.75, 3.05) is 12.0 Å². The highest BCUT2D eigenvalue weighted by atomic mass is 32.2. The lowest BCUT2D eigenvalue weighted by Gasteiger charge is -2.01. The number of nitrogens with zero attached hydrogens (tertiary/aromatic N) is 1. The molecule has 0 radical (unpaired) electrons.